The smallest absolute Gasteiger partial charge is 0.315 e. The molecule has 0 radical (unpaired) electrons. The van der Waals surface area contributed by atoms with Gasteiger partial charge in [-0.25, -0.2) is 4.79 Å². The Morgan fingerprint density at radius 3 is 2.81 bits per heavy atom. The maximum atomic E-state index is 11.6. The van der Waals surface area contributed by atoms with Crippen LogP contribution in [0.5, 0.6) is 0 Å². The second-order valence-electron chi connectivity index (χ2n) is 4.51. The molecule has 2 aliphatic rings. The topological polar surface area (TPSA) is 53.2 Å². The van der Waals surface area contributed by atoms with E-state index in [4.69, 9.17) is 0 Å². The summed E-state index contributed by atoms with van der Waals surface area (Å²) in [6.45, 7) is 2.86. The Bertz CT molecular complexity index is 225. The number of hydrogen-bond acceptors (Lipinski definition) is 3. The molecule has 1 unspecified atom stereocenters. The third-order valence-electron chi connectivity index (χ3n) is 3.19. The molecule has 2 amide bonds. The van der Waals surface area contributed by atoms with E-state index in [2.05, 4.69) is 16.0 Å². The lowest BCUT2D eigenvalue weighted by atomic mass is 10.1. The lowest BCUT2D eigenvalue weighted by molar-refractivity contribution is 0.233. The molecule has 0 aromatic carbocycles. The first-order valence-corrected chi connectivity index (χ1v) is 7.26. The SMILES string of the molecule is O=C(NCC1CCCS1)NC1CCNCC1. The molecule has 0 aromatic heterocycles. The van der Waals surface area contributed by atoms with E-state index in [0.29, 0.717) is 11.3 Å². The van der Waals surface area contributed by atoms with E-state index in [9.17, 15) is 4.79 Å². The molecular formula is C11H21N3OS. The number of carbonyl (C=O) groups is 1. The molecule has 1 atom stereocenters. The first kappa shape index (κ1) is 12.0. The monoisotopic (exact) mass is 243 g/mol. The summed E-state index contributed by atoms with van der Waals surface area (Å²) in [5.41, 5.74) is 0. The van der Waals surface area contributed by atoms with Gasteiger partial charge in [-0.05, 0) is 44.5 Å². The average Bonchev–Trinajstić information content (AvgIpc) is 2.81. The molecule has 2 fully saturated rings. The number of urea groups is 1. The van der Waals surface area contributed by atoms with Crippen LogP contribution in [-0.2, 0) is 0 Å². The number of carbonyl (C=O) groups excluding carboxylic acids is 1. The zero-order chi connectivity index (χ0) is 11.2. The minimum absolute atomic E-state index is 0.0133. The highest BCUT2D eigenvalue weighted by Gasteiger charge is 2.18. The Morgan fingerprint density at radius 2 is 2.12 bits per heavy atom. The second kappa shape index (κ2) is 6.35. The Morgan fingerprint density at radius 1 is 1.31 bits per heavy atom. The maximum Gasteiger partial charge on any atom is 0.315 e. The highest BCUT2D eigenvalue weighted by molar-refractivity contribution is 8.00. The van der Waals surface area contributed by atoms with Crippen LogP contribution in [0.3, 0.4) is 0 Å². The summed E-state index contributed by atoms with van der Waals surface area (Å²) in [4.78, 5) is 11.6. The van der Waals surface area contributed by atoms with E-state index >= 15 is 0 Å². The average molecular weight is 243 g/mol. The Labute approximate surface area is 101 Å². The molecule has 0 bridgehead atoms. The van der Waals surface area contributed by atoms with Crippen LogP contribution in [0.25, 0.3) is 0 Å². The zero-order valence-corrected chi connectivity index (χ0v) is 10.4. The molecule has 3 N–H and O–H groups in total. The summed E-state index contributed by atoms with van der Waals surface area (Å²) < 4.78 is 0. The number of rotatable bonds is 3. The molecule has 0 spiro atoms. The van der Waals surface area contributed by atoms with Crippen molar-refractivity contribution < 1.29 is 4.79 Å². The molecule has 0 aliphatic carbocycles. The number of hydrogen-bond donors (Lipinski definition) is 3. The fraction of sp³-hybridized carbons (Fsp3) is 0.909. The van der Waals surface area contributed by atoms with Crippen molar-refractivity contribution in [2.45, 2.75) is 37.0 Å². The van der Waals surface area contributed by atoms with Gasteiger partial charge in [-0.15, -0.1) is 0 Å². The number of amides is 2. The van der Waals surface area contributed by atoms with Crippen molar-refractivity contribution in [3.63, 3.8) is 0 Å². The third-order valence-corrected chi connectivity index (χ3v) is 4.59. The van der Waals surface area contributed by atoms with Gasteiger partial charge in [0.2, 0.25) is 0 Å². The van der Waals surface area contributed by atoms with Crippen LogP contribution >= 0.6 is 11.8 Å². The van der Waals surface area contributed by atoms with Crippen LogP contribution < -0.4 is 16.0 Å². The first-order valence-electron chi connectivity index (χ1n) is 6.21. The maximum absolute atomic E-state index is 11.6. The van der Waals surface area contributed by atoms with Crippen molar-refractivity contribution in [1.29, 1.82) is 0 Å². The molecule has 2 heterocycles. The number of nitrogens with one attached hydrogen (secondary N) is 3. The van der Waals surface area contributed by atoms with Crippen LogP contribution in [-0.4, -0.2) is 42.7 Å². The minimum Gasteiger partial charge on any atom is -0.337 e. The van der Waals surface area contributed by atoms with Crippen LogP contribution in [0.15, 0.2) is 0 Å². The van der Waals surface area contributed by atoms with E-state index < -0.39 is 0 Å². The highest BCUT2D eigenvalue weighted by atomic mass is 32.2. The van der Waals surface area contributed by atoms with Gasteiger partial charge in [-0.3, -0.25) is 0 Å². The van der Waals surface area contributed by atoms with Gasteiger partial charge in [-0.2, -0.15) is 11.8 Å². The van der Waals surface area contributed by atoms with Gasteiger partial charge in [-0.1, -0.05) is 0 Å². The predicted molar refractivity (Wildman–Crippen MR) is 67.9 cm³/mol. The Kier molecular flexibility index (Phi) is 4.78. The quantitative estimate of drug-likeness (QED) is 0.691. The Balaban J connectivity index is 1.59. The number of piperidine rings is 1. The van der Waals surface area contributed by atoms with E-state index in [1.54, 1.807) is 0 Å². The van der Waals surface area contributed by atoms with Crippen molar-refractivity contribution >= 4 is 17.8 Å². The van der Waals surface area contributed by atoms with Crippen LogP contribution in [0.2, 0.25) is 0 Å². The summed E-state index contributed by atoms with van der Waals surface area (Å²) in [5, 5.41) is 9.95. The zero-order valence-electron chi connectivity index (χ0n) is 9.63. The van der Waals surface area contributed by atoms with Crippen molar-refractivity contribution in [2.75, 3.05) is 25.4 Å². The van der Waals surface area contributed by atoms with Crippen molar-refractivity contribution in [3.8, 4) is 0 Å². The largest absolute Gasteiger partial charge is 0.337 e. The molecule has 92 valence electrons. The first-order chi connectivity index (χ1) is 7.84. The molecule has 2 rings (SSSR count). The minimum atomic E-state index is 0.0133. The van der Waals surface area contributed by atoms with Crippen molar-refractivity contribution in [2.24, 2.45) is 0 Å². The highest BCUT2D eigenvalue weighted by Crippen LogP contribution is 2.25. The molecular weight excluding hydrogens is 222 g/mol. The van der Waals surface area contributed by atoms with Gasteiger partial charge in [0.05, 0.1) is 0 Å². The second-order valence-corrected chi connectivity index (χ2v) is 5.92. The fourth-order valence-electron chi connectivity index (χ4n) is 2.21. The fourth-order valence-corrected chi connectivity index (χ4v) is 3.42. The van der Waals surface area contributed by atoms with Gasteiger partial charge < -0.3 is 16.0 Å². The van der Waals surface area contributed by atoms with Crippen LogP contribution in [0, 0.1) is 0 Å². The van der Waals surface area contributed by atoms with E-state index in [-0.39, 0.29) is 6.03 Å². The molecule has 0 saturated carbocycles. The molecule has 4 nitrogen and oxygen atoms in total. The lowest BCUT2D eigenvalue weighted by Crippen LogP contribution is -2.47. The van der Waals surface area contributed by atoms with E-state index in [1.807, 2.05) is 11.8 Å². The molecule has 5 heteroatoms. The van der Waals surface area contributed by atoms with Crippen LogP contribution in [0.1, 0.15) is 25.7 Å². The van der Waals surface area contributed by atoms with Gasteiger partial charge >= 0.3 is 6.03 Å². The Hall–Kier alpha value is -0.420. The van der Waals surface area contributed by atoms with Gasteiger partial charge in [0, 0.05) is 17.8 Å². The van der Waals surface area contributed by atoms with Crippen molar-refractivity contribution in [3.05, 3.63) is 0 Å². The standard InChI is InChI=1S/C11H21N3OS/c15-11(13-8-10-2-1-7-16-10)14-9-3-5-12-6-4-9/h9-10,12H,1-8H2,(H2,13,14,15). The van der Waals surface area contributed by atoms with Crippen LogP contribution in [0.4, 0.5) is 4.79 Å². The molecule has 2 aliphatic heterocycles. The van der Waals surface area contributed by atoms with Gasteiger partial charge in [0.15, 0.2) is 0 Å². The summed E-state index contributed by atoms with van der Waals surface area (Å²) in [6, 6.07) is 0.372. The normalized spacial score (nSPS) is 26.6. The molecule has 16 heavy (non-hydrogen) atoms. The van der Waals surface area contributed by atoms with Gasteiger partial charge in [0.25, 0.3) is 0 Å². The molecule has 2 saturated heterocycles. The van der Waals surface area contributed by atoms with Crippen molar-refractivity contribution in [1.82, 2.24) is 16.0 Å². The lowest BCUT2D eigenvalue weighted by Gasteiger charge is -2.24. The van der Waals surface area contributed by atoms with Gasteiger partial charge in [0.1, 0.15) is 0 Å². The predicted octanol–water partition coefficient (Wildman–Crippen LogP) is 0.933. The summed E-state index contributed by atoms with van der Waals surface area (Å²) >= 11 is 1.98. The summed E-state index contributed by atoms with van der Waals surface area (Å²) in [5.74, 6) is 1.25. The number of thioether (sulfide) groups is 1. The molecule has 0 aromatic rings. The van der Waals surface area contributed by atoms with E-state index in [0.717, 1.165) is 32.5 Å². The summed E-state index contributed by atoms with van der Waals surface area (Å²) in [7, 11) is 0. The van der Waals surface area contributed by atoms with E-state index in [1.165, 1.54) is 18.6 Å². The summed E-state index contributed by atoms with van der Waals surface area (Å²) in [6.07, 6.45) is 4.64. The third kappa shape index (κ3) is 3.87.